The smallest absolute Gasteiger partial charge is 0.407 e. The van der Waals surface area contributed by atoms with Crippen molar-refractivity contribution in [3.63, 3.8) is 0 Å². The molecule has 0 aliphatic heterocycles. The highest BCUT2D eigenvalue weighted by atomic mass is 79.9. The normalized spacial score (nSPS) is 12.7. The van der Waals surface area contributed by atoms with Gasteiger partial charge in [-0.1, -0.05) is 33.6 Å². The summed E-state index contributed by atoms with van der Waals surface area (Å²) >= 11 is 3.14. The third-order valence-electron chi connectivity index (χ3n) is 3.68. The molecule has 2 N–H and O–H groups in total. The number of benzene rings is 1. The maximum atomic E-state index is 12.4. The monoisotopic (exact) mass is 484 g/mol. The Hall–Kier alpha value is -2.09. The molecule has 168 valence electrons. The number of ether oxygens (including phenoxy) is 2. The van der Waals surface area contributed by atoms with Crippen molar-refractivity contribution in [2.24, 2.45) is 0 Å². The summed E-state index contributed by atoms with van der Waals surface area (Å²) in [5, 5.41) is 5.76. The van der Waals surface area contributed by atoms with Gasteiger partial charge in [-0.15, -0.1) is 0 Å². The quantitative estimate of drug-likeness (QED) is 0.438. The fraction of sp³-hybridized carbons (Fsp3) is 0.591. The lowest BCUT2D eigenvalue weighted by Gasteiger charge is -2.25. The van der Waals surface area contributed by atoms with Gasteiger partial charge in [0.25, 0.3) is 0 Å². The van der Waals surface area contributed by atoms with Crippen LogP contribution in [0.5, 0.6) is 0 Å². The first kappa shape index (κ1) is 25.9. The standard InChI is InChI=1S/C22H33BrN2O5/c1-14-8-9-17(25-18(26)13-23)15(10-14)11-16(12-19(27)29-21(2,3)4)24-20(28)30-22(5,6)7/h8-10,16H,11-13H2,1-7H3,(H,24,28)(H,25,26)/t16-/m0/s1. The van der Waals surface area contributed by atoms with Crippen molar-refractivity contribution < 1.29 is 23.9 Å². The van der Waals surface area contributed by atoms with Gasteiger partial charge in [0.1, 0.15) is 11.2 Å². The summed E-state index contributed by atoms with van der Waals surface area (Å²) in [4.78, 5) is 36.6. The van der Waals surface area contributed by atoms with Crippen LogP contribution in [0.2, 0.25) is 0 Å². The van der Waals surface area contributed by atoms with Gasteiger partial charge in [0.05, 0.1) is 11.8 Å². The number of halogens is 1. The number of amides is 2. The number of rotatable bonds is 7. The zero-order valence-corrected chi connectivity index (χ0v) is 20.4. The highest BCUT2D eigenvalue weighted by molar-refractivity contribution is 9.09. The summed E-state index contributed by atoms with van der Waals surface area (Å²) in [6.45, 7) is 12.6. The Bertz CT molecular complexity index is 736. The molecule has 0 unspecified atom stereocenters. The Labute approximate surface area is 187 Å². The molecule has 0 aliphatic carbocycles. The van der Waals surface area contributed by atoms with E-state index in [-0.39, 0.29) is 17.7 Å². The molecule has 0 radical (unpaired) electrons. The van der Waals surface area contributed by atoms with Gasteiger partial charge in [0.15, 0.2) is 0 Å². The highest BCUT2D eigenvalue weighted by Gasteiger charge is 2.25. The third kappa shape index (κ3) is 10.6. The van der Waals surface area contributed by atoms with Gasteiger partial charge in [-0.25, -0.2) is 4.79 Å². The number of carbonyl (C=O) groups excluding carboxylic acids is 3. The van der Waals surface area contributed by atoms with E-state index in [1.165, 1.54) is 0 Å². The average Bonchev–Trinajstić information content (AvgIpc) is 2.53. The van der Waals surface area contributed by atoms with Gasteiger partial charge >= 0.3 is 12.1 Å². The fourth-order valence-electron chi connectivity index (χ4n) is 2.70. The molecule has 1 aromatic rings. The lowest BCUT2D eigenvalue weighted by atomic mass is 9.99. The van der Waals surface area contributed by atoms with E-state index in [2.05, 4.69) is 26.6 Å². The molecule has 1 rings (SSSR count). The summed E-state index contributed by atoms with van der Waals surface area (Å²) in [5.41, 5.74) is 1.12. The van der Waals surface area contributed by atoms with Gasteiger partial charge in [-0.2, -0.15) is 0 Å². The third-order valence-corrected chi connectivity index (χ3v) is 4.19. The molecule has 1 atom stereocenters. The number of hydrogen-bond donors (Lipinski definition) is 2. The molecule has 2 amide bonds. The van der Waals surface area contributed by atoms with Crippen LogP contribution in [0.3, 0.4) is 0 Å². The summed E-state index contributed by atoms with van der Waals surface area (Å²) in [6, 6.07) is 5.04. The molecule has 0 aromatic heterocycles. The number of alkyl halides is 1. The van der Waals surface area contributed by atoms with Crippen LogP contribution in [0.1, 0.15) is 59.1 Å². The molecule has 8 heteroatoms. The van der Waals surface area contributed by atoms with Crippen molar-refractivity contribution >= 4 is 39.6 Å². The predicted molar refractivity (Wildman–Crippen MR) is 121 cm³/mol. The van der Waals surface area contributed by atoms with E-state index in [0.29, 0.717) is 12.1 Å². The second-order valence-corrected chi connectivity index (χ2v) is 9.74. The molecule has 7 nitrogen and oxygen atoms in total. The van der Waals surface area contributed by atoms with Crippen molar-refractivity contribution in [1.29, 1.82) is 0 Å². The number of anilines is 1. The summed E-state index contributed by atoms with van der Waals surface area (Å²) in [5.74, 6) is -0.619. The Balaban J connectivity index is 3.09. The molecule has 0 aliphatic rings. The topological polar surface area (TPSA) is 93.7 Å². The average molecular weight is 485 g/mol. The number of carbonyl (C=O) groups is 3. The number of hydrogen-bond acceptors (Lipinski definition) is 5. The molecule has 0 bridgehead atoms. The van der Waals surface area contributed by atoms with Crippen LogP contribution >= 0.6 is 15.9 Å². The maximum Gasteiger partial charge on any atom is 0.407 e. The molecular formula is C22H33BrN2O5. The number of aryl methyl sites for hydroxylation is 1. The Kier molecular flexibility index (Phi) is 9.34. The lowest BCUT2D eigenvalue weighted by molar-refractivity contribution is -0.155. The van der Waals surface area contributed by atoms with Crippen molar-refractivity contribution in [2.75, 3.05) is 10.6 Å². The van der Waals surface area contributed by atoms with Crippen molar-refractivity contribution in [3.8, 4) is 0 Å². The zero-order chi connectivity index (χ0) is 23.1. The number of alkyl carbamates (subject to hydrolysis) is 1. The Morgan fingerprint density at radius 1 is 1.03 bits per heavy atom. The van der Waals surface area contributed by atoms with E-state index in [0.717, 1.165) is 11.1 Å². The molecule has 0 heterocycles. The molecule has 0 saturated carbocycles. The van der Waals surface area contributed by atoms with Gasteiger partial charge in [-0.05, 0) is 66.5 Å². The fourth-order valence-corrected chi connectivity index (χ4v) is 2.84. The minimum absolute atomic E-state index is 0.0315. The number of nitrogens with one attached hydrogen (secondary N) is 2. The van der Waals surface area contributed by atoms with Gasteiger partial charge in [0, 0.05) is 11.7 Å². The van der Waals surface area contributed by atoms with Crippen LogP contribution in [0.15, 0.2) is 18.2 Å². The van der Waals surface area contributed by atoms with Crippen molar-refractivity contribution in [3.05, 3.63) is 29.3 Å². The first-order chi connectivity index (χ1) is 13.7. The van der Waals surface area contributed by atoms with Crippen LogP contribution in [0.25, 0.3) is 0 Å². The van der Waals surface area contributed by atoms with Gasteiger partial charge < -0.3 is 20.1 Å². The zero-order valence-electron chi connectivity index (χ0n) is 18.8. The van der Waals surface area contributed by atoms with Gasteiger partial charge in [-0.3, -0.25) is 9.59 Å². The SMILES string of the molecule is Cc1ccc(NC(=O)CBr)c(C[C@@H](CC(=O)OC(C)(C)C)NC(=O)OC(C)(C)C)c1. The number of esters is 1. The van der Waals surface area contributed by atoms with E-state index in [1.807, 2.05) is 25.1 Å². The van der Waals surface area contributed by atoms with E-state index < -0.39 is 29.3 Å². The van der Waals surface area contributed by atoms with Crippen molar-refractivity contribution in [1.82, 2.24) is 5.32 Å². The lowest BCUT2D eigenvalue weighted by Crippen LogP contribution is -2.42. The van der Waals surface area contributed by atoms with Crippen LogP contribution in [0, 0.1) is 6.92 Å². The van der Waals surface area contributed by atoms with E-state index >= 15 is 0 Å². The minimum Gasteiger partial charge on any atom is -0.460 e. The first-order valence-electron chi connectivity index (χ1n) is 9.85. The van der Waals surface area contributed by atoms with Crippen molar-refractivity contribution in [2.45, 2.75) is 78.6 Å². The van der Waals surface area contributed by atoms with E-state index in [1.54, 1.807) is 41.5 Å². The Morgan fingerprint density at radius 3 is 2.17 bits per heavy atom. The Morgan fingerprint density at radius 2 is 1.63 bits per heavy atom. The van der Waals surface area contributed by atoms with E-state index in [9.17, 15) is 14.4 Å². The molecule has 0 saturated heterocycles. The van der Waals surface area contributed by atoms with Crippen LogP contribution in [0.4, 0.5) is 10.5 Å². The summed E-state index contributed by atoms with van der Waals surface area (Å²) in [6.07, 6.45) is -0.330. The highest BCUT2D eigenvalue weighted by Crippen LogP contribution is 2.21. The van der Waals surface area contributed by atoms with Crippen LogP contribution < -0.4 is 10.6 Å². The second-order valence-electron chi connectivity index (χ2n) is 9.18. The van der Waals surface area contributed by atoms with Crippen LogP contribution in [-0.2, 0) is 25.5 Å². The largest absolute Gasteiger partial charge is 0.460 e. The molecule has 0 spiro atoms. The molecule has 0 fully saturated rings. The molecule has 1 aromatic carbocycles. The minimum atomic E-state index is -0.668. The molecule has 30 heavy (non-hydrogen) atoms. The first-order valence-corrected chi connectivity index (χ1v) is 11.0. The summed E-state index contributed by atoms with van der Waals surface area (Å²) in [7, 11) is 0. The molecular weight excluding hydrogens is 452 g/mol. The second kappa shape index (κ2) is 10.8. The predicted octanol–water partition coefficient (Wildman–Crippen LogP) is 4.50. The summed E-state index contributed by atoms with van der Waals surface area (Å²) < 4.78 is 10.8. The van der Waals surface area contributed by atoms with Crippen LogP contribution in [-0.4, -0.2) is 40.5 Å². The van der Waals surface area contributed by atoms with E-state index in [4.69, 9.17) is 9.47 Å². The van der Waals surface area contributed by atoms with Gasteiger partial charge in [0.2, 0.25) is 5.91 Å². The maximum absolute atomic E-state index is 12.4.